The number of rotatable bonds is 2. The van der Waals surface area contributed by atoms with Gasteiger partial charge in [0.15, 0.2) is 0 Å². The largest absolute Gasteiger partial charge is 0.469 e. The first-order chi connectivity index (χ1) is 8.09. The van der Waals surface area contributed by atoms with Crippen molar-refractivity contribution in [3.63, 3.8) is 0 Å². The molecule has 2 atom stereocenters. The Morgan fingerprint density at radius 3 is 2.94 bits per heavy atom. The standard InChI is InChI=1S/C12H14FNO3/c1-16-11(15)9-6-17-7-12(9,14)8-4-2-3-5-10(8)13/h2-5,9H,6-7,14H2,1H3. The van der Waals surface area contributed by atoms with Crippen LogP contribution in [0.2, 0.25) is 0 Å². The monoisotopic (exact) mass is 239 g/mol. The maximum atomic E-state index is 13.7. The van der Waals surface area contributed by atoms with Gasteiger partial charge in [0, 0.05) is 5.56 Å². The molecule has 92 valence electrons. The van der Waals surface area contributed by atoms with Gasteiger partial charge in [0.05, 0.1) is 25.9 Å². The highest BCUT2D eigenvalue weighted by Crippen LogP contribution is 2.35. The minimum atomic E-state index is -1.15. The predicted molar refractivity (Wildman–Crippen MR) is 58.6 cm³/mol. The van der Waals surface area contributed by atoms with Crippen molar-refractivity contribution in [3.05, 3.63) is 35.6 Å². The Kier molecular flexibility index (Phi) is 3.13. The molecule has 1 aromatic carbocycles. The van der Waals surface area contributed by atoms with E-state index in [9.17, 15) is 9.18 Å². The number of esters is 1. The summed E-state index contributed by atoms with van der Waals surface area (Å²) in [7, 11) is 1.28. The summed E-state index contributed by atoms with van der Waals surface area (Å²) < 4.78 is 23.6. The van der Waals surface area contributed by atoms with Gasteiger partial charge >= 0.3 is 5.97 Å². The van der Waals surface area contributed by atoms with Crippen molar-refractivity contribution >= 4 is 5.97 Å². The van der Waals surface area contributed by atoms with E-state index in [1.807, 2.05) is 0 Å². The summed E-state index contributed by atoms with van der Waals surface area (Å²) >= 11 is 0. The summed E-state index contributed by atoms with van der Waals surface area (Å²) in [5.74, 6) is -1.59. The molecule has 2 unspecified atom stereocenters. The lowest BCUT2D eigenvalue weighted by Crippen LogP contribution is -2.48. The number of benzene rings is 1. The second-order valence-corrected chi connectivity index (χ2v) is 4.11. The zero-order chi connectivity index (χ0) is 12.5. The molecule has 0 aromatic heterocycles. The minimum absolute atomic E-state index is 0.105. The van der Waals surface area contributed by atoms with Crippen molar-refractivity contribution in [2.45, 2.75) is 5.54 Å². The van der Waals surface area contributed by atoms with E-state index < -0.39 is 23.2 Å². The van der Waals surface area contributed by atoms with Gasteiger partial charge in [-0.2, -0.15) is 0 Å². The molecule has 0 aliphatic carbocycles. The fraction of sp³-hybridized carbons (Fsp3) is 0.417. The zero-order valence-corrected chi connectivity index (χ0v) is 9.48. The second kappa shape index (κ2) is 4.43. The number of hydrogen-bond donors (Lipinski definition) is 1. The van der Waals surface area contributed by atoms with Crippen LogP contribution < -0.4 is 5.73 Å². The average Bonchev–Trinajstić information content (AvgIpc) is 2.72. The molecule has 5 heteroatoms. The van der Waals surface area contributed by atoms with E-state index in [2.05, 4.69) is 4.74 Å². The zero-order valence-electron chi connectivity index (χ0n) is 9.48. The first-order valence-corrected chi connectivity index (χ1v) is 5.29. The molecule has 1 heterocycles. The lowest BCUT2D eigenvalue weighted by Gasteiger charge is -2.28. The van der Waals surface area contributed by atoms with E-state index in [4.69, 9.17) is 10.5 Å². The van der Waals surface area contributed by atoms with E-state index in [0.717, 1.165) is 0 Å². The van der Waals surface area contributed by atoms with Crippen molar-refractivity contribution in [3.8, 4) is 0 Å². The maximum Gasteiger partial charge on any atom is 0.313 e. The van der Waals surface area contributed by atoms with Crippen LogP contribution >= 0.6 is 0 Å². The molecule has 2 rings (SSSR count). The highest BCUT2D eigenvalue weighted by Gasteiger charge is 2.48. The first kappa shape index (κ1) is 12.0. The third-order valence-corrected chi connectivity index (χ3v) is 3.11. The van der Waals surface area contributed by atoms with Gasteiger partial charge in [-0.3, -0.25) is 4.79 Å². The highest BCUT2D eigenvalue weighted by atomic mass is 19.1. The molecule has 1 aliphatic rings. The van der Waals surface area contributed by atoms with Crippen LogP contribution in [0.25, 0.3) is 0 Å². The topological polar surface area (TPSA) is 61.5 Å². The summed E-state index contributed by atoms with van der Waals surface area (Å²) in [6.07, 6.45) is 0. The molecule has 0 amide bonds. The molecule has 0 bridgehead atoms. The van der Waals surface area contributed by atoms with Crippen LogP contribution in [0.15, 0.2) is 24.3 Å². The highest BCUT2D eigenvalue weighted by molar-refractivity contribution is 5.75. The Labute approximate surface area is 98.5 Å². The second-order valence-electron chi connectivity index (χ2n) is 4.11. The van der Waals surface area contributed by atoms with Gasteiger partial charge in [-0.05, 0) is 6.07 Å². The fourth-order valence-electron chi connectivity index (χ4n) is 2.12. The smallest absolute Gasteiger partial charge is 0.313 e. The summed E-state index contributed by atoms with van der Waals surface area (Å²) in [4.78, 5) is 11.6. The van der Waals surface area contributed by atoms with E-state index in [0.29, 0.717) is 0 Å². The SMILES string of the molecule is COC(=O)C1COCC1(N)c1ccccc1F. The molecular formula is C12H14FNO3. The third kappa shape index (κ3) is 1.92. The number of carbonyl (C=O) groups excluding carboxylic acids is 1. The number of methoxy groups -OCH3 is 1. The van der Waals surface area contributed by atoms with Crippen LogP contribution in [-0.4, -0.2) is 26.3 Å². The van der Waals surface area contributed by atoms with E-state index >= 15 is 0 Å². The molecule has 0 spiro atoms. The molecule has 0 radical (unpaired) electrons. The molecule has 17 heavy (non-hydrogen) atoms. The molecule has 1 fully saturated rings. The van der Waals surface area contributed by atoms with Crippen molar-refractivity contribution in [2.75, 3.05) is 20.3 Å². The van der Waals surface area contributed by atoms with Crippen LogP contribution in [0.5, 0.6) is 0 Å². The lowest BCUT2D eigenvalue weighted by molar-refractivity contribution is -0.147. The van der Waals surface area contributed by atoms with Crippen molar-refractivity contribution in [1.29, 1.82) is 0 Å². The van der Waals surface area contributed by atoms with E-state index in [1.165, 1.54) is 13.2 Å². The lowest BCUT2D eigenvalue weighted by atomic mass is 9.81. The Hall–Kier alpha value is -1.46. The van der Waals surface area contributed by atoms with Crippen LogP contribution in [0.1, 0.15) is 5.56 Å². The third-order valence-electron chi connectivity index (χ3n) is 3.11. The van der Waals surface area contributed by atoms with Crippen LogP contribution in [0.4, 0.5) is 4.39 Å². The fourth-order valence-corrected chi connectivity index (χ4v) is 2.12. The Balaban J connectivity index is 2.41. The summed E-state index contributed by atoms with van der Waals surface area (Å²) in [5, 5.41) is 0. The van der Waals surface area contributed by atoms with Crippen molar-refractivity contribution in [1.82, 2.24) is 0 Å². The van der Waals surface area contributed by atoms with Gasteiger partial charge in [0.2, 0.25) is 0 Å². The number of halogens is 1. The van der Waals surface area contributed by atoms with Crippen LogP contribution in [-0.2, 0) is 19.8 Å². The van der Waals surface area contributed by atoms with E-state index in [1.54, 1.807) is 18.2 Å². The van der Waals surface area contributed by atoms with Crippen molar-refractivity contribution in [2.24, 2.45) is 11.7 Å². The van der Waals surface area contributed by atoms with Gasteiger partial charge in [-0.15, -0.1) is 0 Å². The number of nitrogens with two attached hydrogens (primary N) is 1. The van der Waals surface area contributed by atoms with Gasteiger partial charge in [-0.25, -0.2) is 4.39 Å². The van der Waals surface area contributed by atoms with Crippen molar-refractivity contribution < 1.29 is 18.7 Å². The molecular weight excluding hydrogens is 225 g/mol. The Bertz CT molecular complexity index is 438. The van der Waals surface area contributed by atoms with Crippen LogP contribution in [0.3, 0.4) is 0 Å². The number of carbonyl (C=O) groups is 1. The molecule has 2 N–H and O–H groups in total. The summed E-state index contributed by atoms with van der Waals surface area (Å²) in [6.45, 7) is 0.255. The summed E-state index contributed by atoms with van der Waals surface area (Å²) in [6, 6.07) is 6.14. The average molecular weight is 239 g/mol. The first-order valence-electron chi connectivity index (χ1n) is 5.29. The van der Waals surface area contributed by atoms with Gasteiger partial charge in [-0.1, -0.05) is 18.2 Å². The molecule has 1 aliphatic heterocycles. The number of hydrogen-bond acceptors (Lipinski definition) is 4. The quantitative estimate of drug-likeness (QED) is 0.775. The van der Waals surface area contributed by atoms with Gasteiger partial charge < -0.3 is 15.2 Å². The molecule has 1 aromatic rings. The maximum absolute atomic E-state index is 13.7. The normalized spacial score (nSPS) is 28.1. The number of ether oxygens (including phenoxy) is 2. The summed E-state index contributed by atoms with van der Waals surface area (Å²) in [5.41, 5.74) is 5.27. The van der Waals surface area contributed by atoms with E-state index in [-0.39, 0.29) is 18.8 Å². The molecule has 0 saturated carbocycles. The van der Waals surface area contributed by atoms with Crippen LogP contribution in [0, 0.1) is 11.7 Å². The predicted octanol–water partition coefficient (Wildman–Crippen LogP) is 0.799. The Morgan fingerprint density at radius 2 is 2.29 bits per heavy atom. The molecule has 1 saturated heterocycles. The molecule has 4 nitrogen and oxygen atoms in total. The van der Waals surface area contributed by atoms with Gasteiger partial charge in [0.25, 0.3) is 0 Å². The minimum Gasteiger partial charge on any atom is -0.469 e. The Morgan fingerprint density at radius 1 is 1.59 bits per heavy atom. The van der Waals surface area contributed by atoms with Gasteiger partial charge in [0.1, 0.15) is 11.7 Å².